The van der Waals surface area contributed by atoms with Crippen molar-refractivity contribution in [3.8, 4) is 11.3 Å². The summed E-state index contributed by atoms with van der Waals surface area (Å²) in [5.74, 6) is 0.896. The van der Waals surface area contributed by atoms with Crippen LogP contribution in [0.4, 0.5) is 5.82 Å². The lowest BCUT2D eigenvalue weighted by molar-refractivity contribution is 0.0724. The highest BCUT2D eigenvalue weighted by molar-refractivity contribution is 6.30. The summed E-state index contributed by atoms with van der Waals surface area (Å²) in [6.45, 7) is 2.35. The van der Waals surface area contributed by atoms with Gasteiger partial charge in [-0.1, -0.05) is 35.9 Å². The van der Waals surface area contributed by atoms with Crippen LogP contribution in [0.3, 0.4) is 0 Å². The molecule has 6 nitrogen and oxygen atoms in total. The standard InChI is InChI=1S/C26H26ClN5O/c1-30(17-19-6-5-7-22(27)16-19)25-24-28-12-15-32(24)18-23(29-25)20-8-10-21(11-9-20)26(33)31-13-3-2-4-14-31/h5-12,15-16,18H,2-4,13-14,17H2,1H3. The van der Waals surface area contributed by atoms with E-state index in [-0.39, 0.29) is 5.91 Å². The molecule has 0 atom stereocenters. The van der Waals surface area contributed by atoms with Gasteiger partial charge in [-0.3, -0.25) is 4.79 Å². The quantitative estimate of drug-likeness (QED) is 0.405. The Morgan fingerprint density at radius 2 is 1.88 bits per heavy atom. The summed E-state index contributed by atoms with van der Waals surface area (Å²) < 4.78 is 1.99. The zero-order valence-corrected chi connectivity index (χ0v) is 19.4. The van der Waals surface area contributed by atoms with E-state index in [1.165, 1.54) is 6.42 Å². The highest BCUT2D eigenvalue weighted by atomic mass is 35.5. The Morgan fingerprint density at radius 1 is 1.09 bits per heavy atom. The number of carbonyl (C=O) groups is 1. The topological polar surface area (TPSA) is 53.7 Å². The van der Waals surface area contributed by atoms with Crippen molar-refractivity contribution in [2.45, 2.75) is 25.8 Å². The molecule has 0 radical (unpaired) electrons. The predicted molar refractivity (Wildman–Crippen MR) is 132 cm³/mol. The third-order valence-corrected chi connectivity index (χ3v) is 6.33. The average Bonchev–Trinajstić information content (AvgIpc) is 3.32. The molecule has 0 N–H and O–H groups in total. The molecule has 33 heavy (non-hydrogen) atoms. The van der Waals surface area contributed by atoms with E-state index in [0.29, 0.717) is 11.6 Å². The van der Waals surface area contributed by atoms with Gasteiger partial charge in [0.25, 0.3) is 5.91 Å². The number of rotatable bonds is 5. The van der Waals surface area contributed by atoms with E-state index < -0.39 is 0 Å². The zero-order chi connectivity index (χ0) is 22.8. The minimum atomic E-state index is 0.112. The Bertz CT molecular complexity index is 1280. The summed E-state index contributed by atoms with van der Waals surface area (Å²) in [7, 11) is 2.00. The maximum atomic E-state index is 12.8. The first-order valence-electron chi connectivity index (χ1n) is 11.3. The average molecular weight is 460 g/mol. The number of anilines is 1. The second-order valence-electron chi connectivity index (χ2n) is 8.52. The lowest BCUT2D eigenvalue weighted by atomic mass is 10.1. The van der Waals surface area contributed by atoms with Crippen molar-refractivity contribution in [1.82, 2.24) is 19.3 Å². The van der Waals surface area contributed by atoms with Crippen molar-refractivity contribution in [3.63, 3.8) is 0 Å². The normalized spacial score (nSPS) is 13.9. The van der Waals surface area contributed by atoms with Crippen LogP contribution in [0, 0.1) is 0 Å². The molecule has 1 aliphatic heterocycles. The number of hydrogen-bond acceptors (Lipinski definition) is 4. The van der Waals surface area contributed by atoms with Crippen LogP contribution in [0.15, 0.2) is 67.1 Å². The van der Waals surface area contributed by atoms with Crippen LogP contribution in [0.1, 0.15) is 35.2 Å². The molecule has 0 aliphatic carbocycles. The summed E-state index contributed by atoms with van der Waals surface area (Å²) in [4.78, 5) is 26.3. The Morgan fingerprint density at radius 3 is 2.64 bits per heavy atom. The van der Waals surface area contributed by atoms with Crippen molar-refractivity contribution < 1.29 is 4.79 Å². The Hall–Kier alpha value is -3.38. The molecule has 0 unspecified atom stereocenters. The fourth-order valence-electron chi connectivity index (χ4n) is 4.36. The number of piperidine rings is 1. The van der Waals surface area contributed by atoms with Gasteiger partial charge in [0.05, 0.1) is 5.69 Å². The summed E-state index contributed by atoms with van der Waals surface area (Å²) >= 11 is 6.16. The van der Waals surface area contributed by atoms with Gasteiger partial charge in [-0.15, -0.1) is 0 Å². The minimum absolute atomic E-state index is 0.112. The summed E-state index contributed by atoms with van der Waals surface area (Å²) in [5, 5.41) is 0.716. The summed E-state index contributed by atoms with van der Waals surface area (Å²) in [6, 6.07) is 15.6. The molecule has 1 saturated heterocycles. The number of carbonyl (C=O) groups excluding carboxylic acids is 1. The van der Waals surface area contributed by atoms with Crippen LogP contribution in [0.5, 0.6) is 0 Å². The fourth-order valence-corrected chi connectivity index (χ4v) is 4.57. The lowest BCUT2D eigenvalue weighted by Gasteiger charge is -2.26. The van der Waals surface area contributed by atoms with Crippen molar-refractivity contribution in [3.05, 3.63) is 83.3 Å². The van der Waals surface area contributed by atoms with E-state index in [2.05, 4.69) is 9.88 Å². The van der Waals surface area contributed by atoms with Gasteiger partial charge in [-0.25, -0.2) is 9.97 Å². The van der Waals surface area contributed by atoms with Gasteiger partial charge < -0.3 is 14.2 Å². The molecule has 1 amide bonds. The van der Waals surface area contributed by atoms with E-state index in [1.807, 2.05) is 77.3 Å². The SMILES string of the molecule is CN(Cc1cccc(Cl)c1)c1nc(-c2ccc(C(=O)N3CCCCC3)cc2)cn2ccnc12. The maximum Gasteiger partial charge on any atom is 0.253 e. The maximum absolute atomic E-state index is 12.8. The molecule has 0 saturated carbocycles. The molecule has 0 spiro atoms. The highest BCUT2D eigenvalue weighted by Gasteiger charge is 2.19. The van der Waals surface area contributed by atoms with E-state index in [9.17, 15) is 4.79 Å². The molecule has 1 aliphatic rings. The number of benzene rings is 2. The van der Waals surface area contributed by atoms with Crippen LogP contribution in [-0.2, 0) is 6.54 Å². The van der Waals surface area contributed by atoms with Crippen molar-refractivity contribution in [1.29, 1.82) is 0 Å². The number of hydrogen-bond donors (Lipinski definition) is 0. The number of likely N-dealkylation sites (tertiary alicyclic amines) is 1. The minimum Gasteiger partial charge on any atom is -0.352 e. The van der Waals surface area contributed by atoms with Gasteiger partial charge in [0.1, 0.15) is 0 Å². The second kappa shape index (κ2) is 9.24. The van der Waals surface area contributed by atoms with Gasteiger partial charge in [-0.05, 0) is 49.1 Å². The number of imidazole rings is 1. The molecule has 4 aromatic rings. The number of aromatic nitrogens is 3. The third kappa shape index (κ3) is 4.57. The first kappa shape index (κ1) is 21.5. The molecule has 2 aromatic heterocycles. The van der Waals surface area contributed by atoms with Crippen LogP contribution >= 0.6 is 11.6 Å². The first-order chi connectivity index (χ1) is 16.1. The fraction of sp³-hybridized carbons (Fsp3) is 0.269. The molecule has 7 heteroatoms. The molecule has 1 fully saturated rings. The molecule has 2 aromatic carbocycles. The molecule has 3 heterocycles. The van der Waals surface area contributed by atoms with Crippen molar-refractivity contribution >= 4 is 29.0 Å². The van der Waals surface area contributed by atoms with Gasteiger partial charge in [-0.2, -0.15) is 0 Å². The van der Waals surface area contributed by atoms with Crippen molar-refractivity contribution in [2.24, 2.45) is 0 Å². The Kier molecular flexibility index (Phi) is 6.01. The van der Waals surface area contributed by atoms with Crippen LogP contribution in [-0.4, -0.2) is 45.3 Å². The predicted octanol–water partition coefficient (Wildman–Crippen LogP) is 5.31. The van der Waals surface area contributed by atoms with Gasteiger partial charge >= 0.3 is 0 Å². The van der Waals surface area contributed by atoms with Crippen LogP contribution in [0.25, 0.3) is 16.9 Å². The first-order valence-corrected chi connectivity index (χ1v) is 11.7. The van der Waals surface area contributed by atoms with Gasteiger partial charge in [0.15, 0.2) is 11.5 Å². The molecular formula is C26H26ClN5O. The number of halogens is 1. The van der Waals surface area contributed by atoms with E-state index >= 15 is 0 Å². The smallest absolute Gasteiger partial charge is 0.253 e. The Balaban J connectivity index is 1.43. The van der Waals surface area contributed by atoms with Crippen molar-refractivity contribution in [2.75, 3.05) is 25.0 Å². The second-order valence-corrected chi connectivity index (χ2v) is 8.96. The zero-order valence-electron chi connectivity index (χ0n) is 18.6. The molecular weight excluding hydrogens is 434 g/mol. The largest absolute Gasteiger partial charge is 0.352 e. The summed E-state index contributed by atoms with van der Waals surface area (Å²) in [6.07, 6.45) is 9.05. The van der Waals surface area contributed by atoms with E-state index in [4.69, 9.17) is 16.6 Å². The lowest BCUT2D eigenvalue weighted by Crippen LogP contribution is -2.35. The monoisotopic (exact) mass is 459 g/mol. The highest BCUT2D eigenvalue weighted by Crippen LogP contribution is 2.26. The number of nitrogens with zero attached hydrogens (tertiary/aromatic N) is 5. The number of fused-ring (bicyclic) bond motifs is 1. The van der Waals surface area contributed by atoms with E-state index in [1.54, 1.807) is 6.20 Å². The molecule has 0 bridgehead atoms. The summed E-state index contributed by atoms with van der Waals surface area (Å²) in [5.41, 5.74) is 4.40. The van der Waals surface area contributed by atoms with Gasteiger partial charge in [0, 0.05) is 61.4 Å². The van der Waals surface area contributed by atoms with Crippen LogP contribution < -0.4 is 4.90 Å². The Labute approximate surface area is 198 Å². The number of amides is 1. The molecule has 168 valence electrons. The molecule has 5 rings (SSSR count). The van der Waals surface area contributed by atoms with E-state index in [0.717, 1.165) is 59.8 Å². The van der Waals surface area contributed by atoms with Gasteiger partial charge in [0.2, 0.25) is 0 Å². The van der Waals surface area contributed by atoms with Crippen LogP contribution in [0.2, 0.25) is 5.02 Å². The third-order valence-electron chi connectivity index (χ3n) is 6.10.